The van der Waals surface area contributed by atoms with Crippen LogP contribution < -0.4 is 5.73 Å². The molecule has 1 atom stereocenters. The molecule has 0 spiro atoms. The lowest BCUT2D eigenvalue weighted by Gasteiger charge is -2.12. The molecule has 2 fully saturated rings. The van der Waals surface area contributed by atoms with Gasteiger partial charge in [-0.25, -0.2) is 0 Å². The molecule has 1 unspecified atom stereocenters. The number of carbonyl (C=O) groups is 1. The van der Waals surface area contributed by atoms with Gasteiger partial charge in [0.15, 0.2) is 0 Å². The van der Waals surface area contributed by atoms with E-state index in [2.05, 4.69) is 0 Å². The van der Waals surface area contributed by atoms with E-state index >= 15 is 0 Å². The molecule has 1 heterocycles. The average Bonchev–Trinajstić information content (AvgIpc) is 2.90. The van der Waals surface area contributed by atoms with Crippen molar-refractivity contribution in [1.82, 2.24) is 0 Å². The summed E-state index contributed by atoms with van der Waals surface area (Å²) >= 11 is 0. The maximum absolute atomic E-state index is 11.8. The van der Waals surface area contributed by atoms with Crippen molar-refractivity contribution in [3.63, 3.8) is 0 Å². The molecule has 1 saturated carbocycles. The van der Waals surface area contributed by atoms with Crippen LogP contribution in [0.3, 0.4) is 0 Å². The van der Waals surface area contributed by atoms with Crippen LogP contribution in [0.2, 0.25) is 0 Å². The van der Waals surface area contributed by atoms with E-state index in [1.165, 1.54) is 12.8 Å². The van der Waals surface area contributed by atoms with E-state index in [9.17, 15) is 4.79 Å². The molecular weight excluding hydrogens is 190 g/mol. The van der Waals surface area contributed by atoms with Gasteiger partial charge in [0.2, 0.25) is 0 Å². The van der Waals surface area contributed by atoms with Crippen LogP contribution in [0.1, 0.15) is 44.9 Å². The lowest BCUT2D eigenvalue weighted by Crippen LogP contribution is -2.25. The Kier molecular flexibility index (Phi) is 3.42. The van der Waals surface area contributed by atoms with Crippen LogP contribution in [0.5, 0.6) is 0 Å². The summed E-state index contributed by atoms with van der Waals surface area (Å²) < 4.78 is 5.53. The molecular formula is C12H21NO2. The largest absolute Gasteiger partial charge is 0.378 e. The van der Waals surface area contributed by atoms with Crippen molar-refractivity contribution in [3.05, 3.63) is 0 Å². The van der Waals surface area contributed by atoms with Gasteiger partial charge in [0.25, 0.3) is 0 Å². The van der Waals surface area contributed by atoms with Crippen molar-refractivity contribution in [1.29, 1.82) is 0 Å². The topological polar surface area (TPSA) is 52.3 Å². The summed E-state index contributed by atoms with van der Waals surface area (Å²) in [4.78, 5) is 11.8. The number of hydrogen-bond donors (Lipinski definition) is 1. The van der Waals surface area contributed by atoms with E-state index in [4.69, 9.17) is 10.5 Å². The van der Waals surface area contributed by atoms with E-state index in [0.29, 0.717) is 24.9 Å². The molecule has 2 N–H and O–H groups in total. The van der Waals surface area contributed by atoms with Crippen LogP contribution in [-0.4, -0.2) is 25.0 Å². The van der Waals surface area contributed by atoms with Crippen molar-refractivity contribution in [3.8, 4) is 0 Å². The molecule has 86 valence electrons. The predicted octanol–water partition coefficient (Wildman–Crippen LogP) is 1.64. The number of nitrogens with two attached hydrogens (primary N) is 1. The molecule has 0 aromatic rings. The Labute approximate surface area is 91.4 Å². The second-order valence-electron chi connectivity index (χ2n) is 4.93. The zero-order valence-electron chi connectivity index (χ0n) is 9.34. The first-order valence-electron chi connectivity index (χ1n) is 6.12. The SMILES string of the molecule is NCC1(C(=O)CCCC2CCCO2)CC1. The molecule has 0 amide bonds. The van der Waals surface area contributed by atoms with Gasteiger partial charge < -0.3 is 10.5 Å². The minimum Gasteiger partial charge on any atom is -0.378 e. The predicted molar refractivity (Wildman–Crippen MR) is 58.6 cm³/mol. The van der Waals surface area contributed by atoms with E-state index in [1.54, 1.807) is 0 Å². The third-order valence-corrected chi connectivity index (χ3v) is 3.79. The zero-order chi connectivity index (χ0) is 10.7. The maximum Gasteiger partial charge on any atom is 0.140 e. The van der Waals surface area contributed by atoms with E-state index in [-0.39, 0.29) is 5.41 Å². The van der Waals surface area contributed by atoms with E-state index in [1.807, 2.05) is 0 Å². The third-order valence-electron chi connectivity index (χ3n) is 3.79. The van der Waals surface area contributed by atoms with Crippen LogP contribution in [0.4, 0.5) is 0 Å². The summed E-state index contributed by atoms with van der Waals surface area (Å²) in [6.07, 6.45) is 7.55. The van der Waals surface area contributed by atoms with Crippen LogP contribution in [0.15, 0.2) is 0 Å². The average molecular weight is 211 g/mol. The summed E-state index contributed by atoms with van der Waals surface area (Å²) in [5, 5.41) is 0. The molecule has 15 heavy (non-hydrogen) atoms. The van der Waals surface area contributed by atoms with Gasteiger partial charge in [-0.3, -0.25) is 4.79 Å². The number of Topliss-reactive ketones (excluding diaryl/α,β-unsaturated/α-hetero) is 1. The van der Waals surface area contributed by atoms with Crippen LogP contribution in [-0.2, 0) is 9.53 Å². The fraction of sp³-hybridized carbons (Fsp3) is 0.917. The lowest BCUT2D eigenvalue weighted by atomic mass is 9.96. The summed E-state index contributed by atoms with van der Waals surface area (Å²) in [6, 6.07) is 0. The molecule has 1 saturated heterocycles. The Hall–Kier alpha value is -0.410. The number of ketones is 1. The van der Waals surface area contributed by atoms with Gasteiger partial charge in [-0.2, -0.15) is 0 Å². The Morgan fingerprint density at radius 1 is 1.47 bits per heavy atom. The highest BCUT2D eigenvalue weighted by atomic mass is 16.5. The zero-order valence-corrected chi connectivity index (χ0v) is 9.34. The van der Waals surface area contributed by atoms with Gasteiger partial charge in [0, 0.05) is 25.0 Å². The Bertz CT molecular complexity index is 230. The van der Waals surface area contributed by atoms with Crippen LogP contribution in [0.25, 0.3) is 0 Å². The second-order valence-corrected chi connectivity index (χ2v) is 4.93. The minimum atomic E-state index is -0.101. The van der Waals surface area contributed by atoms with Crippen molar-refractivity contribution in [2.45, 2.75) is 51.0 Å². The smallest absolute Gasteiger partial charge is 0.140 e. The molecule has 0 bridgehead atoms. The van der Waals surface area contributed by atoms with Crippen molar-refractivity contribution in [2.75, 3.05) is 13.2 Å². The van der Waals surface area contributed by atoms with Crippen LogP contribution in [0, 0.1) is 5.41 Å². The van der Waals surface area contributed by atoms with Gasteiger partial charge >= 0.3 is 0 Å². The third kappa shape index (κ3) is 2.58. The highest BCUT2D eigenvalue weighted by Crippen LogP contribution is 2.46. The van der Waals surface area contributed by atoms with E-state index in [0.717, 1.165) is 32.3 Å². The maximum atomic E-state index is 11.8. The quantitative estimate of drug-likeness (QED) is 0.726. The molecule has 0 aromatic carbocycles. The van der Waals surface area contributed by atoms with Gasteiger partial charge in [0.05, 0.1) is 6.10 Å². The molecule has 0 radical (unpaired) electrons. The molecule has 1 aliphatic heterocycles. The number of hydrogen-bond acceptors (Lipinski definition) is 3. The molecule has 2 aliphatic rings. The summed E-state index contributed by atoms with van der Waals surface area (Å²) in [5.74, 6) is 0.392. The highest BCUT2D eigenvalue weighted by Gasteiger charge is 2.47. The molecule has 1 aliphatic carbocycles. The summed E-state index contributed by atoms with van der Waals surface area (Å²) in [6.45, 7) is 1.46. The fourth-order valence-electron chi connectivity index (χ4n) is 2.38. The van der Waals surface area contributed by atoms with Gasteiger partial charge in [0.1, 0.15) is 5.78 Å². The van der Waals surface area contributed by atoms with Crippen molar-refractivity contribution < 1.29 is 9.53 Å². The summed E-state index contributed by atoms with van der Waals surface area (Å²) in [7, 11) is 0. The lowest BCUT2D eigenvalue weighted by molar-refractivity contribution is -0.124. The molecule has 3 nitrogen and oxygen atoms in total. The van der Waals surface area contributed by atoms with Crippen LogP contribution >= 0.6 is 0 Å². The first-order chi connectivity index (χ1) is 7.27. The minimum absolute atomic E-state index is 0.101. The number of ether oxygens (including phenoxy) is 1. The molecule has 0 aromatic heterocycles. The fourth-order valence-corrected chi connectivity index (χ4v) is 2.38. The standard InChI is InChI=1S/C12H21NO2/c13-9-12(6-7-12)11(14)5-1-3-10-4-2-8-15-10/h10H,1-9,13H2. The highest BCUT2D eigenvalue weighted by molar-refractivity contribution is 5.87. The second kappa shape index (κ2) is 4.62. The molecule has 3 heteroatoms. The van der Waals surface area contributed by atoms with Crippen molar-refractivity contribution >= 4 is 5.78 Å². The first-order valence-corrected chi connectivity index (χ1v) is 6.12. The van der Waals surface area contributed by atoms with Gasteiger partial charge in [-0.1, -0.05) is 0 Å². The normalized spacial score (nSPS) is 27.9. The van der Waals surface area contributed by atoms with E-state index < -0.39 is 0 Å². The first kappa shape index (κ1) is 11.1. The molecule has 2 rings (SSSR count). The van der Waals surface area contributed by atoms with Gasteiger partial charge in [-0.05, 0) is 38.5 Å². The van der Waals surface area contributed by atoms with Gasteiger partial charge in [-0.15, -0.1) is 0 Å². The Balaban J connectivity index is 1.63. The van der Waals surface area contributed by atoms with Crippen molar-refractivity contribution in [2.24, 2.45) is 11.1 Å². The Morgan fingerprint density at radius 3 is 2.80 bits per heavy atom. The monoisotopic (exact) mass is 211 g/mol. The summed E-state index contributed by atoms with van der Waals surface area (Å²) in [5.41, 5.74) is 5.52. The Morgan fingerprint density at radius 2 is 2.27 bits per heavy atom. The number of carbonyl (C=O) groups excluding carboxylic acids is 1. The number of rotatable bonds is 6.